The Kier molecular flexibility index (Phi) is 14.1. The van der Waals surface area contributed by atoms with Gasteiger partial charge in [0.25, 0.3) is 0 Å². The zero-order valence-electron chi connectivity index (χ0n) is 14.8. The molecular weight excluding hydrogens is 280 g/mol. The highest BCUT2D eigenvalue weighted by Crippen LogP contribution is 2.24. The summed E-state index contributed by atoms with van der Waals surface area (Å²) in [4.78, 5) is 0. The van der Waals surface area contributed by atoms with Gasteiger partial charge in [-0.25, -0.2) is 0 Å². The maximum absolute atomic E-state index is 5.76. The molecular formula is C18H38O2S. The minimum atomic E-state index is -0.377. The molecule has 0 rings (SSSR count). The monoisotopic (exact) mass is 318 g/mol. The summed E-state index contributed by atoms with van der Waals surface area (Å²) >= 11 is 4.33. The molecule has 0 aliphatic heterocycles. The van der Waals surface area contributed by atoms with E-state index in [4.69, 9.17) is 9.47 Å². The van der Waals surface area contributed by atoms with Gasteiger partial charge in [-0.1, -0.05) is 39.0 Å². The number of thiol groups is 1. The molecule has 21 heavy (non-hydrogen) atoms. The molecule has 0 N–H and O–H groups in total. The quantitative estimate of drug-likeness (QED) is 0.232. The van der Waals surface area contributed by atoms with Crippen LogP contribution in [0.3, 0.4) is 0 Å². The van der Waals surface area contributed by atoms with Crippen molar-refractivity contribution in [2.24, 2.45) is 5.92 Å². The first-order chi connectivity index (χ1) is 10.1. The van der Waals surface area contributed by atoms with Gasteiger partial charge < -0.3 is 9.47 Å². The first kappa shape index (κ1) is 21.3. The third-order valence-electron chi connectivity index (χ3n) is 4.11. The predicted octanol–water partition coefficient (Wildman–Crippen LogP) is 5.85. The molecule has 0 aromatic rings. The molecule has 0 aliphatic carbocycles. The van der Waals surface area contributed by atoms with Gasteiger partial charge in [-0.15, -0.1) is 0 Å². The fraction of sp³-hybridized carbons (Fsp3) is 1.00. The molecule has 2 nitrogen and oxygen atoms in total. The van der Waals surface area contributed by atoms with Gasteiger partial charge in [-0.2, -0.15) is 12.6 Å². The fourth-order valence-corrected chi connectivity index (χ4v) is 3.26. The van der Waals surface area contributed by atoms with Crippen LogP contribution in [0.1, 0.15) is 85.5 Å². The lowest BCUT2D eigenvalue weighted by atomic mass is 9.92. The average molecular weight is 319 g/mol. The minimum Gasteiger partial charge on any atom is -0.351 e. The number of ether oxygens (including phenoxy) is 2. The van der Waals surface area contributed by atoms with Crippen LogP contribution in [0, 0.1) is 5.92 Å². The Morgan fingerprint density at radius 2 is 1.48 bits per heavy atom. The van der Waals surface area contributed by atoms with Crippen molar-refractivity contribution in [2.45, 2.75) is 91.3 Å². The van der Waals surface area contributed by atoms with Crippen molar-refractivity contribution in [1.29, 1.82) is 0 Å². The standard InChI is InChI=1S/C18H38O2S/c1-5-12-17(14-11-16-21)13-9-8-10-15-18(4,19-6-2)20-7-3/h17,21H,5-16H2,1-4H3. The molecule has 0 radical (unpaired) electrons. The molecule has 0 amide bonds. The van der Waals surface area contributed by atoms with Crippen molar-refractivity contribution in [2.75, 3.05) is 19.0 Å². The van der Waals surface area contributed by atoms with Crippen molar-refractivity contribution in [3.63, 3.8) is 0 Å². The molecule has 0 aromatic carbocycles. The molecule has 3 heteroatoms. The average Bonchev–Trinajstić information content (AvgIpc) is 2.44. The van der Waals surface area contributed by atoms with Crippen molar-refractivity contribution in [1.82, 2.24) is 0 Å². The van der Waals surface area contributed by atoms with E-state index in [-0.39, 0.29) is 5.79 Å². The molecule has 0 saturated carbocycles. The summed E-state index contributed by atoms with van der Waals surface area (Å²) in [6, 6.07) is 0. The molecule has 0 spiro atoms. The first-order valence-electron chi connectivity index (χ1n) is 9.00. The van der Waals surface area contributed by atoms with Gasteiger partial charge in [0, 0.05) is 19.6 Å². The Balaban J connectivity index is 3.84. The van der Waals surface area contributed by atoms with E-state index < -0.39 is 0 Å². The number of unbranched alkanes of at least 4 members (excludes halogenated alkanes) is 2. The number of hydrogen-bond acceptors (Lipinski definition) is 3. The number of rotatable bonds is 15. The zero-order chi connectivity index (χ0) is 16.0. The summed E-state index contributed by atoms with van der Waals surface area (Å²) < 4.78 is 11.5. The Bertz CT molecular complexity index is 215. The summed E-state index contributed by atoms with van der Waals surface area (Å²) in [5, 5.41) is 0. The summed E-state index contributed by atoms with van der Waals surface area (Å²) in [5.74, 6) is 1.56. The van der Waals surface area contributed by atoms with Gasteiger partial charge in [-0.3, -0.25) is 0 Å². The number of hydrogen-bond donors (Lipinski definition) is 1. The maximum atomic E-state index is 5.76. The molecule has 128 valence electrons. The van der Waals surface area contributed by atoms with E-state index in [1.165, 1.54) is 51.4 Å². The minimum absolute atomic E-state index is 0.377. The Morgan fingerprint density at radius 3 is 2.00 bits per heavy atom. The largest absolute Gasteiger partial charge is 0.351 e. The highest BCUT2D eigenvalue weighted by molar-refractivity contribution is 7.80. The maximum Gasteiger partial charge on any atom is 0.165 e. The molecule has 0 aromatic heterocycles. The Hall–Kier alpha value is 0.270. The Morgan fingerprint density at radius 1 is 0.857 bits per heavy atom. The van der Waals surface area contributed by atoms with Crippen molar-refractivity contribution >= 4 is 12.6 Å². The SMILES string of the molecule is CCCC(CCCS)CCCCCC(C)(OCC)OCC. The van der Waals surface area contributed by atoms with Crippen LogP contribution in [0.4, 0.5) is 0 Å². The molecule has 0 saturated heterocycles. The molecule has 0 heterocycles. The Labute approximate surface area is 138 Å². The molecule has 1 unspecified atom stereocenters. The normalized spacial score (nSPS) is 13.6. The topological polar surface area (TPSA) is 18.5 Å². The van der Waals surface area contributed by atoms with Gasteiger partial charge in [0.1, 0.15) is 0 Å². The highest BCUT2D eigenvalue weighted by Gasteiger charge is 2.23. The van der Waals surface area contributed by atoms with Crippen molar-refractivity contribution < 1.29 is 9.47 Å². The van der Waals surface area contributed by atoms with Crippen LogP contribution < -0.4 is 0 Å². The van der Waals surface area contributed by atoms with E-state index in [0.29, 0.717) is 0 Å². The van der Waals surface area contributed by atoms with E-state index in [0.717, 1.165) is 31.3 Å². The fourth-order valence-electron chi connectivity index (χ4n) is 3.07. The zero-order valence-corrected chi connectivity index (χ0v) is 15.7. The van der Waals surface area contributed by atoms with Crippen LogP contribution in [0.25, 0.3) is 0 Å². The first-order valence-corrected chi connectivity index (χ1v) is 9.63. The van der Waals surface area contributed by atoms with E-state index in [1.54, 1.807) is 0 Å². The van der Waals surface area contributed by atoms with E-state index in [9.17, 15) is 0 Å². The van der Waals surface area contributed by atoms with Gasteiger partial charge in [0.05, 0.1) is 0 Å². The lowest BCUT2D eigenvalue weighted by Gasteiger charge is -2.29. The predicted molar refractivity (Wildman–Crippen MR) is 96.2 cm³/mol. The third kappa shape index (κ3) is 11.5. The molecule has 0 bridgehead atoms. The van der Waals surface area contributed by atoms with Crippen LogP contribution in [0.15, 0.2) is 0 Å². The second-order valence-corrected chi connectivity index (χ2v) is 6.57. The van der Waals surface area contributed by atoms with Gasteiger partial charge >= 0.3 is 0 Å². The second-order valence-electron chi connectivity index (χ2n) is 6.12. The summed E-state index contributed by atoms with van der Waals surface area (Å²) in [6.45, 7) is 9.88. The summed E-state index contributed by atoms with van der Waals surface area (Å²) in [7, 11) is 0. The van der Waals surface area contributed by atoms with Crippen LogP contribution >= 0.6 is 12.6 Å². The summed E-state index contributed by atoms with van der Waals surface area (Å²) in [6.07, 6.45) is 11.5. The van der Waals surface area contributed by atoms with Crippen LogP contribution in [-0.2, 0) is 9.47 Å². The van der Waals surface area contributed by atoms with E-state index in [2.05, 4.69) is 26.5 Å². The van der Waals surface area contributed by atoms with E-state index in [1.807, 2.05) is 13.8 Å². The summed E-state index contributed by atoms with van der Waals surface area (Å²) in [5.41, 5.74) is 0. The molecule has 0 fully saturated rings. The highest BCUT2D eigenvalue weighted by atomic mass is 32.1. The van der Waals surface area contributed by atoms with Crippen LogP contribution in [0.2, 0.25) is 0 Å². The van der Waals surface area contributed by atoms with Crippen LogP contribution in [0.5, 0.6) is 0 Å². The molecule has 0 aliphatic rings. The van der Waals surface area contributed by atoms with Gasteiger partial charge in [0.2, 0.25) is 0 Å². The second kappa shape index (κ2) is 13.9. The lowest BCUT2D eigenvalue weighted by Crippen LogP contribution is -2.32. The van der Waals surface area contributed by atoms with E-state index >= 15 is 0 Å². The van der Waals surface area contributed by atoms with Gasteiger partial charge in [-0.05, 0) is 51.7 Å². The third-order valence-corrected chi connectivity index (χ3v) is 4.43. The lowest BCUT2D eigenvalue weighted by molar-refractivity contribution is -0.225. The van der Waals surface area contributed by atoms with Gasteiger partial charge in [0.15, 0.2) is 5.79 Å². The van der Waals surface area contributed by atoms with Crippen molar-refractivity contribution in [3.8, 4) is 0 Å². The van der Waals surface area contributed by atoms with Crippen LogP contribution in [-0.4, -0.2) is 24.8 Å². The van der Waals surface area contributed by atoms with Crippen molar-refractivity contribution in [3.05, 3.63) is 0 Å². The molecule has 1 atom stereocenters. The smallest absolute Gasteiger partial charge is 0.165 e.